The molecule has 19 heavy (non-hydrogen) atoms. The standard InChI is InChI=1S/C12H20N4O2S/c1-11(2)5-16(6-12(3,4)18-11)10-7(9(14)17)8(13)15-19-10/h5-6H2,1-4H3,(H2,13,15)(H2,14,17). The van der Waals surface area contributed by atoms with Crippen LogP contribution in [0.15, 0.2) is 0 Å². The largest absolute Gasteiger partial charge is 0.382 e. The van der Waals surface area contributed by atoms with Crippen molar-refractivity contribution >= 4 is 28.3 Å². The number of primary amides is 1. The van der Waals surface area contributed by atoms with Crippen molar-refractivity contribution in [2.45, 2.75) is 38.9 Å². The fraction of sp³-hybridized carbons (Fsp3) is 0.667. The van der Waals surface area contributed by atoms with Crippen LogP contribution in [0.2, 0.25) is 0 Å². The molecule has 0 radical (unpaired) electrons. The Bertz CT molecular complexity index is 494. The number of anilines is 2. The highest BCUT2D eigenvalue weighted by Gasteiger charge is 2.40. The second-order valence-corrected chi connectivity index (χ2v) is 6.84. The number of nitrogens with zero attached hydrogens (tertiary/aromatic N) is 2. The minimum absolute atomic E-state index is 0.203. The number of carbonyl (C=O) groups excluding carboxylic acids is 1. The molecule has 7 heteroatoms. The van der Waals surface area contributed by atoms with Crippen LogP contribution < -0.4 is 16.4 Å². The van der Waals surface area contributed by atoms with Crippen molar-refractivity contribution in [3.05, 3.63) is 5.56 Å². The van der Waals surface area contributed by atoms with Crippen LogP contribution in [0.3, 0.4) is 0 Å². The Labute approximate surface area is 116 Å². The van der Waals surface area contributed by atoms with Gasteiger partial charge in [0.1, 0.15) is 10.6 Å². The van der Waals surface area contributed by atoms with Crippen molar-refractivity contribution in [1.82, 2.24) is 4.37 Å². The highest BCUT2D eigenvalue weighted by Crippen LogP contribution is 2.36. The van der Waals surface area contributed by atoms with E-state index in [0.29, 0.717) is 18.7 Å². The van der Waals surface area contributed by atoms with E-state index >= 15 is 0 Å². The highest BCUT2D eigenvalue weighted by atomic mass is 32.1. The van der Waals surface area contributed by atoms with Crippen LogP contribution in [0, 0.1) is 0 Å². The smallest absolute Gasteiger partial charge is 0.255 e. The number of carbonyl (C=O) groups is 1. The van der Waals surface area contributed by atoms with Crippen molar-refractivity contribution in [1.29, 1.82) is 0 Å². The summed E-state index contributed by atoms with van der Waals surface area (Å²) in [5, 5.41) is 0.731. The molecule has 1 aliphatic heterocycles. The van der Waals surface area contributed by atoms with Gasteiger partial charge in [0, 0.05) is 13.1 Å². The Kier molecular flexibility index (Phi) is 3.22. The van der Waals surface area contributed by atoms with Crippen LogP contribution in [0.1, 0.15) is 38.1 Å². The third-order valence-corrected chi connectivity index (χ3v) is 3.85. The molecule has 6 nitrogen and oxygen atoms in total. The summed E-state index contributed by atoms with van der Waals surface area (Å²) >= 11 is 1.21. The SMILES string of the molecule is CC1(C)CN(c2snc(N)c2C(N)=O)CC(C)(C)O1. The van der Waals surface area contributed by atoms with Gasteiger partial charge in [-0.15, -0.1) is 0 Å². The summed E-state index contributed by atoms with van der Waals surface area (Å²) in [6.45, 7) is 9.42. The molecule has 106 valence electrons. The Morgan fingerprint density at radius 2 is 1.84 bits per heavy atom. The fourth-order valence-electron chi connectivity index (χ4n) is 2.67. The summed E-state index contributed by atoms with van der Waals surface area (Å²) in [6.07, 6.45) is 0. The second-order valence-electron chi connectivity index (χ2n) is 6.09. The molecule has 1 fully saturated rings. The zero-order valence-electron chi connectivity index (χ0n) is 11.7. The van der Waals surface area contributed by atoms with Crippen LogP contribution in [-0.2, 0) is 4.74 Å². The number of rotatable bonds is 2. The zero-order valence-corrected chi connectivity index (χ0v) is 12.5. The quantitative estimate of drug-likeness (QED) is 0.851. The molecule has 1 aromatic rings. The van der Waals surface area contributed by atoms with Crippen molar-refractivity contribution in [3.8, 4) is 0 Å². The molecule has 1 aliphatic rings. The lowest BCUT2D eigenvalue weighted by Gasteiger charge is -2.47. The summed E-state index contributed by atoms with van der Waals surface area (Å²) in [5.41, 5.74) is 10.8. The molecular weight excluding hydrogens is 264 g/mol. The minimum Gasteiger partial charge on any atom is -0.382 e. The molecule has 0 aromatic carbocycles. The van der Waals surface area contributed by atoms with Gasteiger partial charge >= 0.3 is 0 Å². The number of aromatic nitrogens is 1. The van der Waals surface area contributed by atoms with Gasteiger partial charge in [-0.05, 0) is 39.2 Å². The summed E-state index contributed by atoms with van der Waals surface area (Å²) in [6, 6.07) is 0. The van der Waals surface area contributed by atoms with Crippen molar-refractivity contribution < 1.29 is 9.53 Å². The third-order valence-electron chi connectivity index (χ3n) is 2.93. The van der Waals surface area contributed by atoms with E-state index in [2.05, 4.69) is 9.27 Å². The third kappa shape index (κ3) is 2.82. The first-order valence-electron chi connectivity index (χ1n) is 6.11. The van der Waals surface area contributed by atoms with Crippen LogP contribution in [0.5, 0.6) is 0 Å². The summed E-state index contributed by atoms with van der Waals surface area (Å²) in [5.74, 6) is -0.335. The molecule has 0 bridgehead atoms. The predicted molar refractivity (Wildman–Crippen MR) is 76.5 cm³/mol. The molecule has 4 N–H and O–H groups in total. The van der Waals surface area contributed by atoms with Crippen LogP contribution in [0.25, 0.3) is 0 Å². The van der Waals surface area contributed by atoms with Gasteiger partial charge in [-0.2, -0.15) is 4.37 Å². The molecule has 2 heterocycles. The maximum atomic E-state index is 11.5. The van der Waals surface area contributed by atoms with Gasteiger partial charge in [-0.3, -0.25) is 4.79 Å². The highest BCUT2D eigenvalue weighted by molar-refractivity contribution is 7.11. The molecule has 0 atom stereocenters. The molecule has 0 spiro atoms. The maximum Gasteiger partial charge on any atom is 0.255 e. The normalized spacial score (nSPS) is 21.4. The molecule has 1 aromatic heterocycles. The van der Waals surface area contributed by atoms with E-state index in [4.69, 9.17) is 16.2 Å². The summed E-state index contributed by atoms with van der Waals surface area (Å²) in [7, 11) is 0. The van der Waals surface area contributed by atoms with Crippen LogP contribution >= 0.6 is 11.5 Å². The Morgan fingerprint density at radius 1 is 1.32 bits per heavy atom. The van der Waals surface area contributed by atoms with E-state index < -0.39 is 5.91 Å². The number of ether oxygens (including phenoxy) is 1. The first-order chi connectivity index (χ1) is 8.61. The molecule has 2 rings (SSSR count). The minimum atomic E-state index is -0.539. The van der Waals surface area contributed by atoms with Crippen molar-refractivity contribution in [2.24, 2.45) is 5.73 Å². The molecule has 0 saturated carbocycles. The fourth-order valence-corrected chi connectivity index (χ4v) is 3.49. The lowest BCUT2D eigenvalue weighted by atomic mass is 9.99. The van der Waals surface area contributed by atoms with Crippen LogP contribution in [-0.4, -0.2) is 34.6 Å². The van der Waals surface area contributed by atoms with E-state index in [9.17, 15) is 4.79 Å². The average molecular weight is 284 g/mol. The number of nitrogens with two attached hydrogens (primary N) is 2. The van der Waals surface area contributed by atoms with E-state index in [1.807, 2.05) is 27.7 Å². The lowest BCUT2D eigenvalue weighted by Crippen LogP contribution is -2.57. The van der Waals surface area contributed by atoms with Gasteiger partial charge in [0.2, 0.25) is 0 Å². The Balaban J connectivity index is 2.39. The first-order valence-corrected chi connectivity index (χ1v) is 6.89. The zero-order chi connectivity index (χ0) is 14.4. The topological polar surface area (TPSA) is 94.5 Å². The predicted octanol–water partition coefficient (Wildman–Crippen LogP) is 1.22. The van der Waals surface area contributed by atoms with Gasteiger partial charge in [0.25, 0.3) is 5.91 Å². The van der Waals surface area contributed by atoms with Crippen molar-refractivity contribution in [2.75, 3.05) is 23.7 Å². The second kappa shape index (κ2) is 4.35. The van der Waals surface area contributed by atoms with Gasteiger partial charge in [-0.25, -0.2) is 0 Å². The van der Waals surface area contributed by atoms with Crippen LogP contribution in [0.4, 0.5) is 10.8 Å². The van der Waals surface area contributed by atoms with Gasteiger partial charge < -0.3 is 21.1 Å². The Morgan fingerprint density at radius 3 is 2.32 bits per heavy atom. The van der Waals surface area contributed by atoms with E-state index in [-0.39, 0.29) is 17.0 Å². The number of nitrogen functional groups attached to an aromatic ring is 1. The number of hydrogen-bond donors (Lipinski definition) is 2. The van der Waals surface area contributed by atoms with Gasteiger partial charge in [-0.1, -0.05) is 0 Å². The van der Waals surface area contributed by atoms with Crippen molar-refractivity contribution in [3.63, 3.8) is 0 Å². The summed E-state index contributed by atoms with van der Waals surface area (Å²) in [4.78, 5) is 13.6. The molecule has 1 saturated heterocycles. The number of amides is 1. The molecule has 0 aliphatic carbocycles. The number of morpholine rings is 1. The maximum absolute atomic E-state index is 11.5. The molecule has 0 unspecified atom stereocenters. The van der Waals surface area contributed by atoms with E-state index in [1.165, 1.54) is 11.5 Å². The van der Waals surface area contributed by atoms with Gasteiger partial charge in [0.15, 0.2) is 5.82 Å². The van der Waals surface area contributed by atoms with E-state index in [1.54, 1.807) is 0 Å². The van der Waals surface area contributed by atoms with E-state index in [0.717, 1.165) is 5.00 Å². The molecule has 1 amide bonds. The lowest BCUT2D eigenvalue weighted by molar-refractivity contribution is -0.132. The average Bonchev–Trinajstić information content (AvgIpc) is 2.55. The Hall–Kier alpha value is -1.34. The number of hydrogen-bond acceptors (Lipinski definition) is 6. The summed E-state index contributed by atoms with van der Waals surface area (Å²) < 4.78 is 10.1. The first kappa shape index (κ1) is 14.1. The monoisotopic (exact) mass is 284 g/mol. The van der Waals surface area contributed by atoms with Gasteiger partial charge in [0.05, 0.1) is 11.2 Å². The molecular formula is C12H20N4O2S.